The number of aromatic nitrogens is 2. The van der Waals surface area contributed by atoms with Crippen LogP contribution in [-0.4, -0.2) is 43.6 Å². The smallest absolute Gasteiger partial charge is 0.241 e. The summed E-state index contributed by atoms with van der Waals surface area (Å²) in [7, 11) is 1.94. The van der Waals surface area contributed by atoms with Crippen molar-refractivity contribution in [3.8, 4) is 0 Å². The van der Waals surface area contributed by atoms with Gasteiger partial charge in [0, 0.05) is 38.8 Å². The summed E-state index contributed by atoms with van der Waals surface area (Å²) in [5.74, 6) is 0.227. The Balaban J connectivity index is 1.50. The molecule has 7 nitrogen and oxygen atoms in total. The largest absolute Gasteiger partial charge is 0.336 e. The lowest BCUT2D eigenvalue weighted by molar-refractivity contribution is -0.144. The Kier molecular flexibility index (Phi) is 6.48. The highest BCUT2D eigenvalue weighted by Crippen LogP contribution is 2.43. The number of carbonyl (C=O) groups is 3. The van der Waals surface area contributed by atoms with Crippen molar-refractivity contribution in [2.75, 3.05) is 6.54 Å². The number of rotatable bonds is 6. The topological polar surface area (TPSA) is 75.5 Å². The Morgan fingerprint density at radius 3 is 2.53 bits per heavy atom. The number of carbonyl (C=O) groups excluding carboxylic acids is 3. The van der Waals surface area contributed by atoms with Gasteiger partial charge in [0.2, 0.25) is 17.7 Å². The summed E-state index contributed by atoms with van der Waals surface area (Å²) in [6.07, 6.45) is 6.37. The van der Waals surface area contributed by atoms with Crippen LogP contribution in [0.5, 0.6) is 0 Å². The normalized spacial score (nSPS) is 22.3. The third kappa shape index (κ3) is 4.23. The zero-order valence-corrected chi connectivity index (χ0v) is 20.9. The summed E-state index contributed by atoms with van der Waals surface area (Å²) in [5.41, 5.74) is 1.35. The van der Waals surface area contributed by atoms with Gasteiger partial charge in [0.15, 0.2) is 0 Å². The molecule has 0 aliphatic carbocycles. The van der Waals surface area contributed by atoms with Gasteiger partial charge in [0.05, 0.1) is 18.0 Å². The van der Waals surface area contributed by atoms with Crippen LogP contribution in [0.25, 0.3) is 0 Å². The molecule has 2 unspecified atom stereocenters. The number of piperidine rings is 1. The van der Waals surface area contributed by atoms with Gasteiger partial charge >= 0.3 is 0 Å². The molecule has 0 saturated carbocycles. The highest BCUT2D eigenvalue weighted by atomic mass is 16.2. The van der Waals surface area contributed by atoms with Crippen molar-refractivity contribution in [3.63, 3.8) is 0 Å². The number of imide groups is 1. The van der Waals surface area contributed by atoms with Crippen molar-refractivity contribution in [1.82, 2.24) is 19.4 Å². The standard InChI is InChI=1S/C29H32N4O3/c1-21-10-6-7-13-23(21)29(19-26(35)33(28(29)36)20-22-11-4-3-5-12-22)18-25(34)32-16-9-8-14-24(32)27-30-15-17-31(27)2/h3-7,10-13,15,17,24H,8-9,14,16,18-20H2,1-2H3. The van der Waals surface area contributed by atoms with Crippen molar-refractivity contribution in [2.24, 2.45) is 7.05 Å². The number of hydrogen-bond donors (Lipinski definition) is 0. The molecule has 2 fully saturated rings. The van der Waals surface area contributed by atoms with E-state index in [-0.39, 0.29) is 43.1 Å². The van der Waals surface area contributed by atoms with E-state index in [4.69, 9.17) is 0 Å². The first-order chi connectivity index (χ1) is 17.4. The van der Waals surface area contributed by atoms with E-state index in [2.05, 4.69) is 4.98 Å². The molecule has 2 saturated heterocycles. The van der Waals surface area contributed by atoms with Crippen molar-refractivity contribution in [1.29, 1.82) is 0 Å². The molecule has 3 heterocycles. The molecule has 2 atom stereocenters. The molecule has 5 rings (SSSR count). The number of likely N-dealkylation sites (tertiary alicyclic amines) is 2. The van der Waals surface area contributed by atoms with E-state index in [1.807, 2.05) is 84.2 Å². The average Bonchev–Trinajstić information content (AvgIpc) is 3.41. The van der Waals surface area contributed by atoms with Crippen LogP contribution in [0, 0.1) is 6.92 Å². The summed E-state index contributed by atoms with van der Waals surface area (Å²) in [6.45, 7) is 2.77. The molecule has 0 spiro atoms. The summed E-state index contributed by atoms with van der Waals surface area (Å²) < 4.78 is 1.96. The average molecular weight is 485 g/mol. The maximum absolute atomic E-state index is 14.1. The van der Waals surface area contributed by atoms with Crippen LogP contribution in [0.4, 0.5) is 0 Å². The minimum atomic E-state index is -1.21. The highest BCUT2D eigenvalue weighted by molar-refractivity contribution is 6.10. The predicted molar refractivity (Wildman–Crippen MR) is 136 cm³/mol. The lowest BCUT2D eigenvalue weighted by Gasteiger charge is -2.38. The van der Waals surface area contributed by atoms with E-state index in [1.165, 1.54) is 4.90 Å². The highest BCUT2D eigenvalue weighted by Gasteiger charge is 2.55. The molecular weight excluding hydrogens is 452 g/mol. The van der Waals surface area contributed by atoms with Crippen LogP contribution in [-0.2, 0) is 33.4 Å². The first kappa shape index (κ1) is 24.0. The van der Waals surface area contributed by atoms with Gasteiger partial charge in [0.1, 0.15) is 5.82 Å². The van der Waals surface area contributed by atoms with Gasteiger partial charge in [-0.05, 0) is 42.9 Å². The number of nitrogens with zero attached hydrogens (tertiary/aromatic N) is 4. The Morgan fingerprint density at radius 1 is 1.06 bits per heavy atom. The van der Waals surface area contributed by atoms with E-state index in [0.717, 1.165) is 41.8 Å². The van der Waals surface area contributed by atoms with Gasteiger partial charge in [-0.1, -0.05) is 54.6 Å². The van der Waals surface area contributed by atoms with Gasteiger partial charge in [-0.15, -0.1) is 0 Å². The lowest BCUT2D eigenvalue weighted by atomic mass is 9.73. The van der Waals surface area contributed by atoms with E-state index >= 15 is 0 Å². The van der Waals surface area contributed by atoms with Crippen LogP contribution in [0.2, 0.25) is 0 Å². The first-order valence-electron chi connectivity index (χ1n) is 12.6. The molecule has 186 valence electrons. The van der Waals surface area contributed by atoms with Crippen molar-refractivity contribution in [3.05, 3.63) is 89.5 Å². The van der Waals surface area contributed by atoms with Crippen LogP contribution in [0.3, 0.4) is 0 Å². The summed E-state index contributed by atoms with van der Waals surface area (Å²) in [6, 6.07) is 17.0. The second-order valence-corrected chi connectivity index (χ2v) is 10.0. The summed E-state index contributed by atoms with van der Waals surface area (Å²) in [5, 5.41) is 0. The van der Waals surface area contributed by atoms with Gasteiger partial charge in [-0.3, -0.25) is 19.3 Å². The van der Waals surface area contributed by atoms with Crippen LogP contribution in [0.1, 0.15) is 60.7 Å². The second kappa shape index (κ2) is 9.72. The third-order valence-corrected chi connectivity index (χ3v) is 7.69. The zero-order valence-electron chi connectivity index (χ0n) is 20.9. The van der Waals surface area contributed by atoms with Gasteiger partial charge in [-0.2, -0.15) is 0 Å². The van der Waals surface area contributed by atoms with Crippen molar-refractivity contribution >= 4 is 17.7 Å². The predicted octanol–water partition coefficient (Wildman–Crippen LogP) is 4.07. The Bertz CT molecular complexity index is 1280. The third-order valence-electron chi connectivity index (χ3n) is 7.69. The monoisotopic (exact) mass is 484 g/mol. The fourth-order valence-electron chi connectivity index (χ4n) is 5.84. The number of aryl methyl sites for hydroxylation is 2. The molecule has 2 aliphatic heterocycles. The zero-order chi connectivity index (χ0) is 25.3. The molecule has 2 aromatic carbocycles. The Labute approximate surface area is 211 Å². The van der Waals surface area contributed by atoms with Gasteiger partial charge in [0.25, 0.3) is 0 Å². The maximum atomic E-state index is 14.1. The lowest BCUT2D eigenvalue weighted by Crippen LogP contribution is -2.46. The Hall–Kier alpha value is -3.74. The number of imidazole rings is 1. The second-order valence-electron chi connectivity index (χ2n) is 10.0. The minimum Gasteiger partial charge on any atom is -0.336 e. The number of hydrogen-bond acceptors (Lipinski definition) is 4. The molecule has 7 heteroatoms. The SMILES string of the molecule is Cc1ccccc1C1(CC(=O)N2CCCCC2c2nccn2C)CC(=O)N(Cc2ccccc2)C1=O. The molecule has 2 aliphatic rings. The minimum absolute atomic E-state index is 0.00380. The van der Waals surface area contributed by atoms with E-state index in [0.29, 0.717) is 6.54 Å². The van der Waals surface area contributed by atoms with Crippen molar-refractivity contribution < 1.29 is 14.4 Å². The molecule has 0 radical (unpaired) electrons. The Morgan fingerprint density at radius 2 is 1.81 bits per heavy atom. The molecular formula is C29H32N4O3. The quantitative estimate of drug-likeness (QED) is 0.495. The molecule has 36 heavy (non-hydrogen) atoms. The van der Waals surface area contributed by atoms with Gasteiger partial charge in [-0.25, -0.2) is 4.98 Å². The van der Waals surface area contributed by atoms with E-state index < -0.39 is 5.41 Å². The van der Waals surface area contributed by atoms with Crippen LogP contribution >= 0.6 is 0 Å². The molecule has 0 bridgehead atoms. The van der Waals surface area contributed by atoms with Gasteiger partial charge < -0.3 is 9.47 Å². The fraction of sp³-hybridized carbons (Fsp3) is 0.379. The van der Waals surface area contributed by atoms with Crippen LogP contribution < -0.4 is 0 Å². The molecule has 3 amide bonds. The maximum Gasteiger partial charge on any atom is 0.241 e. The summed E-state index contributed by atoms with van der Waals surface area (Å²) in [4.78, 5) is 49.1. The van der Waals surface area contributed by atoms with E-state index in [9.17, 15) is 14.4 Å². The van der Waals surface area contributed by atoms with Crippen LogP contribution in [0.15, 0.2) is 67.0 Å². The van der Waals surface area contributed by atoms with E-state index in [1.54, 1.807) is 6.20 Å². The first-order valence-corrected chi connectivity index (χ1v) is 12.6. The number of benzene rings is 2. The summed E-state index contributed by atoms with van der Waals surface area (Å²) >= 11 is 0. The molecule has 1 aromatic heterocycles. The molecule has 0 N–H and O–H groups in total. The van der Waals surface area contributed by atoms with Crippen molar-refractivity contribution in [2.45, 2.75) is 57.0 Å². The molecule has 3 aromatic rings. The fourth-order valence-corrected chi connectivity index (χ4v) is 5.84. The number of amides is 3.